The predicted octanol–water partition coefficient (Wildman–Crippen LogP) is 1.00. The Hall–Kier alpha value is -1.46. The van der Waals surface area contributed by atoms with Crippen molar-refractivity contribution >= 4 is 18.3 Å². The topological polar surface area (TPSA) is 59.6 Å². The molecule has 0 bridgehead atoms. The maximum Gasteiger partial charge on any atom is 0.224 e. The largest absolute Gasteiger partial charge is 0.497 e. The average Bonchev–Trinajstić information content (AvgIpc) is 2.39. The van der Waals surface area contributed by atoms with E-state index in [2.05, 4.69) is 10.6 Å². The highest BCUT2D eigenvalue weighted by molar-refractivity contribution is 5.85. The van der Waals surface area contributed by atoms with Gasteiger partial charge in [-0.15, -0.1) is 12.4 Å². The normalized spacial score (nSPS) is 9.42. The summed E-state index contributed by atoms with van der Waals surface area (Å²) < 4.78 is 10.4. The quantitative estimate of drug-likeness (QED) is 0.735. The minimum Gasteiger partial charge on any atom is -0.497 e. The highest BCUT2D eigenvalue weighted by Crippen LogP contribution is 2.24. The summed E-state index contributed by atoms with van der Waals surface area (Å²) in [6.45, 7) is 1.36. The maximum atomic E-state index is 11.7. The van der Waals surface area contributed by atoms with Crippen LogP contribution in [0.5, 0.6) is 11.5 Å². The number of rotatable bonds is 7. The Kier molecular flexibility index (Phi) is 8.74. The van der Waals surface area contributed by atoms with Gasteiger partial charge in [0, 0.05) is 18.7 Å². The zero-order chi connectivity index (χ0) is 13.4. The van der Waals surface area contributed by atoms with Gasteiger partial charge in [-0.2, -0.15) is 0 Å². The van der Waals surface area contributed by atoms with E-state index in [1.807, 2.05) is 13.1 Å². The van der Waals surface area contributed by atoms with Crippen LogP contribution in [0, 0.1) is 0 Å². The number of benzene rings is 1. The molecule has 0 aromatic heterocycles. The van der Waals surface area contributed by atoms with E-state index in [0.717, 1.165) is 12.1 Å². The van der Waals surface area contributed by atoms with E-state index >= 15 is 0 Å². The fraction of sp³-hybridized carbons (Fsp3) is 0.462. The lowest BCUT2D eigenvalue weighted by molar-refractivity contribution is -0.120. The van der Waals surface area contributed by atoms with Crippen LogP contribution in [-0.4, -0.2) is 40.3 Å². The van der Waals surface area contributed by atoms with Gasteiger partial charge < -0.3 is 20.1 Å². The van der Waals surface area contributed by atoms with Crippen molar-refractivity contribution in [3.63, 3.8) is 0 Å². The summed E-state index contributed by atoms with van der Waals surface area (Å²) in [4.78, 5) is 11.7. The molecule has 0 radical (unpaired) electrons. The van der Waals surface area contributed by atoms with Crippen LogP contribution in [0.3, 0.4) is 0 Å². The van der Waals surface area contributed by atoms with E-state index in [-0.39, 0.29) is 24.7 Å². The second-order valence-electron chi connectivity index (χ2n) is 3.81. The molecule has 1 aromatic carbocycles. The van der Waals surface area contributed by atoms with E-state index in [0.29, 0.717) is 18.0 Å². The number of methoxy groups -OCH3 is 2. The maximum absolute atomic E-state index is 11.7. The van der Waals surface area contributed by atoms with Gasteiger partial charge in [0.2, 0.25) is 5.91 Å². The summed E-state index contributed by atoms with van der Waals surface area (Å²) >= 11 is 0. The second-order valence-corrected chi connectivity index (χ2v) is 3.81. The summed E-state index contributed by atoms with van der Waals surface area (Å²) in [5.41, 5.74) is 0.818. The molecule has 0 heterocycles. The summed E-state index contributed by atoms with van der Waals surface area (Å²) in [6.07, 6.45) is 0.282. The molecule has 0 aliphatic rings. The highest BCUT2D eigenvalue weighted by Gasteiger charge is 2.09. The van der Waals surface area contributed by atoms with Crippen molar-refractivity contribution in [2.45, 2.75) is 6.42 Å². The van der Waals surface area contributed by atoms with Gasteiger partial charge in [0.1, 0.15) is 11.5 Å². The zero-order valence-electron chi connectivity index (χ0n) is 11.5. The number of amides is 1. The molecule has 0 fully saturated rings. The third-order valence-electron chi connectivity index (χ3n) is 2.54. The van der Waals surface area contributed by atoms with Crippen molar-refractivity contribution in [3.8, 4) is 11.5 Å². The molecule has 19 heavy (non-hydrogen) atoms. The predicted molar refractivity (Wildman–Crippen MR) is 77.4 cm³/mol. The Morgan fingerprint density at radius 3 is 2.53 bits per heavy atom. The van der Waals surface area contributed by atoms with Gasteiger partial charge in [-0.1, -0.05) is 0 Å². The number of carbonyl (C=O) groups excluding carboxylic acids is 1. The molecule has 1 aromatic rings. The number of nitrogens with one attached hydrogen (secondary N) is 2. The van der Waals surface area contributed by atoms with E-state index < -0.39 is 0 Å². The summed E-state index contributed by atoms with van der Waals surface area (Å²) in [5, 5.41) is 5.79. The fourth-order valence-electron chi connectivity index (χ4n) is 1.58. The lowest BCUT2D eigenvalue weighted by Crippen LogP contribution is -2.31. The fourth-order valence-corrected chi connectivity index (χ4v) is 1.58. The van der Waals surface area contributed by atoms with Crippen LogP contribution in [0.1, 0.15) is 5.56 Å². The Labute approximate surface area is 120 Å². The molecule has 0 spiro atoms. The molecule has 1 rings (SSSR count). The van der Waals surface area contributed by atoms with Gasteiger partial charge in [-0.05, 0) is 25.2 Å². The van der Waals surface area contributed by atoms with Crippen molar-refractivity contribution in [2.24, 2.45) is 0 Å². The number of likely N-dealkylation sites (N-methyl/N-ethyl adjacent to an activating group) is 1. The number of halogens is 1. The first-order valence-electron chi connectivity index (χ1n) is 5.83. The Morgan fingerprint density at radius 2 is 1.95 bits per heavy atom. The van der Waals surface area contributed by atoms with Crippen molar-refractivity contribution in [1.29, 1.82) is 0 Å². The first-order chi connectivity index (χ1) is 8.71. The number of hydrogen-bond donors (Lipinski definition) is 2. The monoisotopic (exact) mass is 288 g/mol. The molecule has 0 aliphatic heterocycles. The van der Waals surface area contributed by atoms with Gasteiger partial charge in [0.15, 0.2) is 0 Å². The van der Waals surface area contributed by atoms with E-state index in [1.165, 1.54) is 0 Å². The van der Waals surface area contributed by atoms with E-state index in [1.54, 1.807) is 26.4 Å². The third kappa shape index (κ3) is 5.81. The third-order valence-corrected chi connectivity index (χ3v) is 2.54. The highest BCUT2D eigenvalue weighted by atomic mass is 35.5. The minimum atomic E-state index is -0.0307. The van der Waals surface area contributed by atoms with Crippen LogP contribution in [0.2, 0.25) is 0 Å². The molecule has 1 amide bonds. The van der Waals surface area contributed by atoms with Crippen LogP contribution in [-0.2, 0) is 11.2 Å². The molecule has 0 saturated heterocycles. The molecule has 2 N–H and O–H groups in total. The standard InChI is InChI=1S/C13H20N2O3.ClH/c1-14-6-7-15-13(16)9-10-8-11(17-2)4-5-12(10)18-3;/h4-5,8,14H,6-7,9H2,1-3H3,(H,15,16);1H. The zero-order valence-corrected chi connectivity index (χ0v) is 12.3. The van der Waals surface area contributed by atoms with Crippen molar-refractivity contribution in [3.05, 3.63) is 23.8 Å². The van der Waals surface area contributed by atoms with E-state index in [4.69, 9.17) is 9.47 Å². The van der Waals surface area contributed by atoms with Gasteiger partial charge in [0.05, 0.1) is 20.6 Å². The molecular formula is C13H21ClN2O3. The summed E-state index contributed by atoms with van der Waals surface area (Å²) in [5.74, 6) is 1.38. The lowest BCUT2D eigenvalue weighted by Gasteiger charge is -2.10. The number of carbonyl (C=O) groups is 1. The van der Waals surface area contributed by atoms with Gasteiger partial charge in [0.25, 0.3) is 0 Å². The Balaban J connectivity index is 0.00000324. The SMILES string of the molecule is CNCCNC(=O)Cc1cc(OC)ccc1OC.Cl. The van der Waals surface area contributed by atoms with Gasteiger partial charge >= 0.3 is 0 Å². The first-order valence-corrected chi connectivity index (χ1v) is 5.83. The van der Waals surface area contributed by atoms with Crippen LogP contribution >= 0.6 is 12.4 Å². The second kappa shape index (κ2) is 9.47. The van der Waals surface area contributed by atoms with Crippen molar-refractivity contribution in [1.82, 2.24) is 10.6 Å². The average molecular weight is 289 g/mol. The van der Waals surface area contributed by atoms with E-state index in [9.17, 15) is 4.79 Å². The molecule has 0 aliphatic carbocycles. The summed E-state index contributed by atoms with van der Waals surface area (Å²) in [7, 11) is 5.03. The lowest BCUT2D eigenvalue weighted by atomic mass is 10.1. The van der Waals surface area contributed by atoms with Crippen molar-refractivity contribution in [2.75, 3.05) is 34.4 Å². The van der Waals surface area contributed by atoms with Crippen molar-refractivity contribution < 1.29 is 14.3 Å². The molecular weight excluding hydrogens is 268 g/mol. The van der Waals surface area contributed by atoms with Crippen LogP contribution in [0.25, 0.3) is 0 Å². The molecule has 0 saturated carbocycles. The van der Waals surface area contributed by atoms with Crippen LogP contribution in [0.15, 0.2) is 18.2 Å². The molecule has 108 valence electrons. The number of hydrogen-bond acceptors (Lipinski definition) is 4. The number of ether oxygens (including phenoxy) is 2. The molecule has 0 atom stereocenters. The Bertz CT molecular complexity index is 399. The minimum absolute atomic E-state index is 0. The van der Waals surface area contributed by atoms with Crippen LogP contribution in [0.4, 0.5) is 0 Å². The molecule has 5 nitrogen and oxygen atoms in total. The first kappa shape index (κ1) is 17.5. The Morgan fingerprint density at radius 1 is 1.21 bits per heavy atom. The molecule has 0 unspecified atom stereocenters. The smallest absolute Gasteiger partial charge is 0.224 e. The van der Waals surface area contributed by atoms with Crippen LogP contribution < -0.4 is 20.1 Å². The molecule has 6 heteroatoms. The summed E-state index contributed by atoms with van der Waals surface area (Å²) in [6, 6.07) is 5.42. The van der Waals surface area contributed by atoms with Gasteiger partial charge in [-0.25, -0.2) is 0 Å². The van der Waals surface area contributed by atoms with Gasteiger partial charge in [-0.3, -0.25) is 4.79 Å².